The van der Waals surface area contributed by atoms with Crippen molar-refractivity contribution in [3.63, 3.8) is 0 Å². The number of amides is 2. The highest BCUT2D eigenvalue weighted by Crippen LogP contribution is 2.22. The van der Waals surface area contributed by atoms with Crippen LogP contribution < -0.4 is 5.32 Å². The van der Waals surface area contributed by atoms with Gasteiger partial charge in [-0.05, 0) is 55.3 Å². The molecule has 0 aliphatic carbocycles. The molecule has 29 heavy (non-hydrogen) atoms. The second-order valence-electron chi connectivity index (χ2n) is 6.52. The molecule has 0 unspecified atom stereocenters. The first-order valence-corrected chi connectivity index (χ1v) is 11.4. The maximum Gasteiger partial charge on any atom is 0.242 e. The highest BCUT2D eigenvalue weighted by molar-refractivity contribution is 7.99. The molecule has 7 heteroatoms. The summed E-state index contributed by atoms with van der Waals surface area (Å²) in [5.74, 6) is 0.464. The minimum Gasteiger partial charge on any atom is -0.355 e. The van der Waals surface area contributed by atoms with Gasteiger partial charge in [0.05, 0.1) is 0 Å². The number of rotatable bonds is 10. The summed E-state index contributed by atoms with van der Waals surface area (Å²) >= 11 is 13.5. The summed E-state index contributed by atoms with van der Waals surface area (Å²) in [5.41, 5.74) is 0.941. The maximum atomic E-state index is 13.1. The normalized spacial score (nSPS) is 11.7. The molecular weight excluding hydrogens is 427 g/mol. The predicted molar refractivity (Wildman–Crippen MR) is 122 cm³/mol. The van der Waals surface area contributed by atoms with Gasteiger partial charge < -0.3 is 10.2 Å². The molecule has 0 spiro atoms. The lowest BCUT2D eigenvalue weighted by atomic mass is 10.1. The fourth-order valence-corrected chi connectivity index (χ4v) is 4.02. The Hall–Kier alpha value is -1.69. The van der Waals surface area contributed by atoms with Gasteiger partial charge in [-0.1, -0.05) is 42.3 Å². The molecule has 4 nitrogen and oxygen atoms in total. The maximum absolute atomic E-state index is 13.1. The molecule has 0 aliphatic heterocycles. The van der Waals surface area contributed by atoms with Gasteiger partial charge in [0.1, 0.15) is 6.04 Å². The molecule has 0 bridgehead atoms. The van der Waals surface area contributed by atoms with Crippen molar-refractivity contribution in [1.82, 2.24) is 10.2 Å². The monoisotopic (exact) mass is 452 g/mol. The summed E-state index contributed by atoms with van der Waals surface area (Å²) in [5, 5.41) is 4.17. The SMILES string of the molecule is CCNC(=O)[C@H](CC)N(Cc1ccc(Cl)cc1)C(=O)CCSc1ccc(Cl)cc1. The average Bonchev–Trinajstić information content (AvgIpc) is 2.71. The molecule has 0 aliphatic rings. The van der Waals surface area contributed by atoms with Gasteiger partial charge in [-0.15, -0.1) is 11.8 Å². The summed E-state index contributed by atoms with van der Waals surface area (Å²) in [6, 6.07) is 14.4. The second-order valence-corrected chi connectivity index (χ2v) is 8.56. The van der Waals surface area contributed by atoms with Crippen LogP contribution in [0.4, 0.5) is 0 Å². The third-order valence-electron chi connectivity index (χ3n) is 4.40. The minimum atomic E-state index is -0.501. The molecule has 0 aromatic heterocycles. The van der Waals surface area contributed by atoms with Gasteiger partial charge in [-0.2, -0.15) is 0 Å². The molecule has 156 valence electrons. The van der Waals surface area contributed by atoms with Crippen molar-refractivity contribution in [2.75, 3.05) is 12.3 Å². The van der Waals surface area contributed by atoms with Crippen molar-refractivity contribution in [3.8, 4) is 0 Å². The molecule has 0 radical (unpaired) electrons. The third kappa shape index (κ3) is 7.57. The van der Waals surface area contributed by atoms with Crippen LogP contribution in [0, 0.1) is 0 Å². The lowest BCUT2D eigenvalue weighted by Gasteiger charge is -2.30. The van der Waals surface area contributed by atoms with Gasteiger partial charge in [0.25, 0.3) is 0 Å². The molecule has 0 fully saturated rings. The van der Waals surface area contributed by atoms with E-state index in [-0.39, 0.29) is 11.8 Å². The van der Waals surface area contributed by atoms with E-state index in [0.29, 0.717) is 41.7 Å². The fourth-order valence-electron chi connectivity index (χ4n) is 2.93. The summed E-state index contributed by atoms with van der Waals surface area (Å²) in [6.07, 6.45) is 0.895. The van der Waals surface area contributed by atoms with Crippen LogP contribution in [0.1, 0.15) is 32.3 Å². The van der Waals surface area contributed by atoms with Crippen LogP contribution in [0.2, 0.25) is 10.0 Å². The van der Waals surface area contributed by atoms with Crippen LogP contribution in [0.25, 0.3) is 0 Å². The Morgan fingerprint density at radius 3 is 2.14 bits per heavy atom. The standard InChI is InChI=1S/C22H26Cl2N2O2S/c1-3-20(22(28)25-4-2)26(15-16-5-7-17(23)8-6-16)21(27)13-14-29-19-11-9-18(24)10-12-19/h5-12,20H,3-4,13-15H2,1-2H3,(H,25,28)/t20-/m0/s1. The minimum absolute atomic E-state index is 0.0421. The number of likely N-dealkylation sites (N-methyl/N-ethyl adjacent to an activating group) is 1. The first kappa shape index (κ1) is 23.6. The van der Waals surface area contributed by atoms with E-state index in [0.717, 1.165) is 10.5 Å². The zero-order valence-corrected chi connectivity index (χ0v) is 19.0. The molecule has 2 aromatic rings. The summed E-state index contributed by atoms with van der Waals surface area (Å²) in [7, 11) is 0. The van der Waals surface area contributed by atoms with E-state index in [2.05, 4.69) is 5.32 Å². The lowest BCUT2D eigenvalue weighted by Crippen LogP contribution is -2.49. The molecule has 0 saturated heterocycles. The van der Waals surface area contributed by atoms with Gasteiger partial charge in [0.15, 0.2) is 0 Å². The van der Waals surface area contributed by atoms with Crippen molar-refractivity contribution < 1.29 is 9.59 Å². The Bertz CT molecular complexity index is 797. The Morgan fingerprint density at radius 2 is 1.59 bits per heavy atom. The molecule has 1 atom stereocenters. The molecular formula is C22H26Cl2N2O2S. The van der Waals surface area contributed by atoms with Crippen molar-refractivity contribution in [3.05, 3.63) is 64.1 Å². The summed E-state index contributed by atoms with van der Waals surface area (Å²) in [4.78, 5) is 28.3. The lowest BCUT2D eigenvalue weighted by molar-refractivity contribution is -0.141. The molecule has 1 N–H and O–H groups in total. The van der Waals surface area contributed by atoms with Gasteiger partial charge in [-0.3, -0.25) is 9.59 Å². The average molecular weight is 453 g/mol. The van der Waals surface area contributed by atoms with E-state index >= 15 is 0 Å². The van der Waals surface area contributed by atoms with Crippen LogP contribution in [0.5, 0.6) is 0 Å². The largest absolute Gasteiger partial charge is 0.355 e. The zero-order valence-electron chi connectivity index (χ0n) is 16.7. The van der Waals surface area contributed by atoms with E-state index in [1.54, 1.807) is 28.8 Å². The van der Waals surface area contributed by atoms with Gasteiger partial charge in [0, 0.05) is 40.2 Å². The molecule has 2 amide bonds. The summed E-state index contributed by atoms with van der Waals surface area (Å²) in [6.45, 7) is 4.70. The number of thioether (sulfide) groups is 1. The predicted octanol–water partition coefficient (Wildman–Crippen LogP) is 5.42. The zero-order chi connectivity index (χ0) is 21.2. The molecule has 2 rings (SSSR count). The fraction of sp³-hybridized carbons (Fsp3) is 0.364. The van der Waals surface area contributed by atoms with E-state index in [1.165, 1.54) is 0 Å². The van der Waals surface area contributed by atoms with E-state index in [1.807, 2.05) is 50.2 Å². The van der Waals surface area contributed by atoms with Crippen LogP contribution in [-0.2, 0) is 16.1 Å². The Labute approximate surface area is 187 Å². The Morgan fingerprint density at radius 1 is 1.00 bits per heavy atom. The van der Waals surface area contributed by atoms with E-state index in [9.17, 15) is 9.59 Å². The first-order valence-electron chi connectivity index (χ1n) is 9.64. The molecule has 0 saturated carbocycles. The number of nitrogens with one attached hydrogen (secondary N) is 1. The highest BCUT2D eigenvalue weighted by Gasteiger charge is 2.28. The van der Waals surface area contributed by atoms with Crippen LogP contribution in [-0.4, -0.2) is 35.1 Å². The smallest absolute Gasteiger partial charge is 0.242 e. The second kappa shape index (κ2) is 12.1. The van der Waals surface area contributed by atoms with Crippen molar-refractivity contribution in [2.24, 2.45) is 0 Å². The van der Waals surface area contributed by atoms with Gasteiger partial charge in [-0.25, -0.2) is 0 Å². The quantitative estimate of drug-likeness (QED) is 0.489. The van der Waals surface area contributed by atoms with E-state index < -0.39 is 6.04 Å². The number of benzene rings is 2. The van der Waals surface area contributed by atoms with Crippen LogP contribution in [0.15, 0.2) is 53.4 Å². The number of halogens is 2. The number of nitrogens with zero attached hydrogens (tertiary/aromatic N) is 1. The number of hydrogen-bond donors (Lipinski definition) is 1. The van der Waals surface area contributed by atoms with Crippen molar-refractivity contribution in [1.29, 1.82) is 0 Å². The topological polar surface area (TPSA) is 49.4 Å². The number of carbonyl (C=O) groups excluding carboxylic acids is 2. The van der Waals surface area contributed by atoms with Crippen molar-refractivity contribution in [2.45, 2.75) is 44.2 Å². The van der Waals surface area contributed by atoms with Crippen molar-refractivity contribution >= 4 is 46.8 Å². The highest BCUT2D eigenvalue weighted by atomic mass is 35.5. The van der Waals surface area contributed by atoms with Gasteiger partial charge in [0.2, 0.25) is 11.8 Å². The third-order valence-corrected chi connectivity index (χ3v) is 5.92. The van der Waals surface area contributed by atoms with Crippen LogP contribution >= 0.6 is 35.0 Å². The number of carbonyl (C=O) groups is 2. The Balaban J connectivity index is 2.08. The van der Waals surface area contributed by atoms with E-state index in [4.69, 9.17) is 23.2 Å². The van der Waals surface area contributed by atoms with Gasteiger partial charge >= 0.3 is 0 Å². The Kier molecular flexibility index (Phi) is 9.85. The van der Waals surface area contributed by atoms with Crippen LogP contribution in [0.3, 0.4) is 0 Å². The first-order chi connectivity index (χ1) is 13.9. The molecule has 0 heterocycles. The summed E-state index contributed by atoms with van der Waals surface area (Å²) < 4.78 is 0. The molecule has 2 aromatic carbocycles. The number of hydrogen-bond acceptors (Lipinski definition) is 3.